The molecule has 0 radical (unpaired) electrons. The molecule has 11 heteroatoms. The molecule has 1 N–H and O–H groups in total. The summed E-state index contributed by atoms with van der Waals surface area (Å²) in [5, 5.41) is 8.26. The van der Waals surface area contributed by atoms with Gasteiger partial charge in [-0.2, -0.15) is 0 Å². The summed E-state index contributed by atoms with van der Waals surface area (Å²) in [5.41, 5.74) is 0.600. The molecule has 2 fully saturated rings. The van der Waals surface area contributed by atoms with Gasteiger partial charge in [0.15, 0.2) is 6.61 Å². The average Bonchev–Trinajstić information content (AvgIpc) is 3.26. The van der Waals surface area contributed by atoms with E-state index in [0.29, 0.717) is 33.3 Å². The van der Waals surface area contributed by atoms with Crippen LogP contribution in [-0.4, -0.2) is 64.2 Å². The summed E-state index contributed by atoms with van der Waals surface area (Å²) < 4.78 is 6.19. The van der Waals surface area contributed by atoms with Crippen molar-refractivity contribution < 1.29 is 29.0 Å². The molecule has 0 atom stereocenters. The first-order chi connectivity index (χ1) is 13.8. The Balaban J connectivity index is 1.75. The van der Waals surface area contributed by atoms with Crippen LogP contribution in [0.25, 0.3) is 6.08 Å². The smallest absolute Gasteiger partial charge is 0.341 e. The van der Waals surface area contributed by atoms with Crippen molar-refractivity contribution in [2.24, 2.45) is 0 Å². The van der Waals surface area contributed by atoms with Crippen LogP contribution in [0.5, 0.6) is 5.75 Å². The van der Waals surface area contributed by atoms with Crippen LogP contribution in [-0.2, 0) is 14.4 Å². The number of amides is 3. The zero-order valence-corrected chi connectivity index (χ0v) is 19.0. The average molecular weight is 548 g/mol. The van der Waals surface area contributed by atoms with Crippen molar-refractivity contribution in [3.8, 4) is 5.75 Å². The van der Waals surface area contributed by atoms with E-state index in [-0.39, 0.29) is 17.4 Å². The molecular formula is C18H16Br2N2O6S. The van der Waals surface area contributed by atoms with Crippen molar-refractivity contribution in [1.82, 2.24) is 9.80 Å². The van der Waals surface area contributed by atoms with Crippen molar-refractivity contribution in [2.75, 3.05) is 26.2 Å². The lowest BCUT2D eigenvalue weighted by atomic mass is 10.2. The molecule has 8 nitrogen and oxygen atoms in total. The Bertz CT molecular complexity index is 891. The molecule has 2 saturated heterocycles. The molecule has 1 aromatic carbocycles. The number of rotatable bonds is 6. The maximum atomic E-state index is 12.6. The highest BCUT2D eigenvalue weighted by Gasteiger charge is 2.37. The summed E-state index contributed by atoms with van der Waals surface area (Å²) in [4.78, 5) is 50.6. The zero-order chi connectivity index (χ0) is 21.1. The van der Waals surface area contributed by atoms with Crippen LogP contribution in [0.4, 0.5) is 4.79 Å². The monoisotopic (exact) mass is 546 g/mol. The SMILES string of the molecule is O=C(O)COc1c(Br)cc(/C=C2\SC(=O)N(CC(=O)N3CCCC3)C2=O)cc1Br. The fraction of sp³-hybridized carbons (Fsp3) is 0.333. The third-order valence-electron chi connectivity index (χ3n) is 4.28. The van der Waals surface area contributed by atoms with Crippen LogP contribution in [0, 0.1) is 0 Å². The molecule has 3 amide bonds. The molecule has 2 aliphatic rings. The standard InChI is InChI=1S/C18H16Br2N2O6S/c19-11-5-10(6-12(20)16(11)28-9-15(24)25)7-13-17(26)22(18(27)29-13)8-14(23)21-3-1-2-4-21/h5-7H,1-4,8-9H2,(H,24,25)/b13-7-. The summed E-state index contributed by atoms with van der Waals surface area (Å²) in [5.74, 6) is -1.53. The summed E-state index contributed by atoms with van der Waals surface area (Å²) in [6, 6.07) is 3.29. The van der Waals surface area contributed by atoms with Gasteiger partial charge in [-0.1, -0.05) is 0 Å². The maximum Gasteiger partial charge on any atom is 0.341 e. The van der Waals surface area contributed by atoms with Gasteiger partial charge < -0.3 is 14.7 Å². The topological polar surface area (TPSA) is 104 Å². The fourth-order valence-electron chi connectivity index (χ4n) is 2.92. The molecule has 2 aliphatic heterocycles. The minimum absolute atomic E-state index is 0.210. The number of carbonyl (C=O) groups is 4. The first-order valence-corrected chi connectivity index (χ1v) is 11.0. The van der Waals surface area contributed by atoms with Crippen LogP contribution in [0.1, 0.15) is 18.4 Å². The number of nitrogens with zero attached hydrogens (tertiary/aromatic N) is 2. The number of carboxylic acid groups (broad SMARTS) is 1. The van der Waals surface area contributed by atoms with Gasteiger partial charge in [0.2, 0.25) is 5.91 Å². The molecule has 0 unspecified atom stereocenters. The molecule has 2 heterocycles. The summed E-state index contributed by atoms with van der Waals surface area (Å²) in [6.07, 6.45) is 3.41. The van der Waals surface area contributed by atoms with Gasteiger partial charge in [-0.25, -0.2) is 4.79 Å². The summed E-state index contributed by atoms with van der Waals surface area (Å²) >= 11 is 7.40. The Morgan fingerprint density at radius 2 is 1.79 bits per heavy atom. The Morgan fingerprint density at radius 1 is 1.17 bits per heavy atom. The van der Waals surface area contributed by atoms with Crippen LogP contribution in [0.2, 0.25) is 0 Å². The highest BCUT2D eigenvalue weighted by molar-refractivity contribution is 9.11. The second-order valence-electron chi connectivity index (χ2n) is 6.35. The van der Waals surface area contributed by atoms with E-state index >= 15 is 0 Å². The van der Waals surface area contributed by atoms with Crippen molar-refractivity contribution in [3.63, 3.8) is 0 Å². The van der Waals surface area contributed by atoms with E-state index in [9.17, 15) is 19.2 Å². The van der Waals surface area contributed by atoms with Gasteiger partial charge in [0, 0.05) is 13.1 Å². The predicted molar refractivity (Wildman–Crippen MR) is 113 cm³/mol. The largest absolute Gasteiger partial charge is 0.480 e. The van der Waals surface area contributed by atoms with Crippen LogP contribution in [0.3, 0.4) is 0 Å². The lowest BCUT2D eigenvalue weighted by Crippen LogP contribution is -2.40. The Hall–Kier alpha value is -1.85. The molecular weight excluding hydrogens is 532 g/mol. The Kier molecular flexibility index (Phi) is 7.01. The zero-order valence-electron chi connectivity index (χ0n) is 15.0. The van der Waals surface area contributed by atoms with Crippen LogP contribution < -0.4 is 4.74 Å². The number of halogens is 2. The van der Waals surface area contributed by atoms with E-state index in [1.807, 2.05) is 0 Å². The van der Waals surface area contributed by atoms with E-state index in [2.05, 4.69) is 31.9 Å². The molecule has 0 bridgehead atoms. The predicted octanol–water partition coefficient (Wildman–Crippen LogP) is 3.33. The van der Waals surface area contributed by atoms with Crippen LogP contribution >= 0.6 is 43.6 Å². The van der Waals surface area contributed by atoms with Crippen molar-refractivity contribution in [1.29, 1.82) is 0 Å². The molecule has 0 aliphatic carbocycles. The highest BCUT2D eigenvalue weighted by Crippen LogP contribution is 2.37. The maximum absolute atomic E-state index is 12.6. The normalized spacial score (nSPS) is 18.1. The third-order valence-corrected chi connectivity index (χ3v) is 6.37. The molecule has 154 valence electrons. The Morgan fingerprint density at radius 3 is 2.38 bits per heavy atom. The molecule has 0 aromatic heterocycles. The minimum Gasteiger partial charge on any atom is -0.480 e. The van der Waals surface area contributed by atoms with E-state index < -0.39 is 23.7 Å². The van der Waals surface area contributed by atoms with E-state index in [1.165, 1.54) is 0 Å². The number of carbonyl (C=O) groups excluding carboxylic acids is 3. The number of hydrogen-bond donors (Lipinski definition) is 1. The quantitative estimate of drug-likeness (QED) is 0.545. The van der Waals surface area contributed by atoms with Gasteiger partial charge in [-0.3, -0.25) is 19.3 Å². The molecule has 0 saturated carbocycles. The summed E-state index contributed by atoms with van der Waals surface area (Å²) in [7, 11) is 0. The molecule has 3 rings (SSSR count). The number of ether oxygens (including phenoxy) is 1. The number of benzene rings is 1. The number of imide groups is 1. The first-order valence-electron chi connectivity index (χ1n) is 8.63. The van der Waals surface area contributed by atoms with Crippen molar-refractivity contribution >= 4 is 72.7 Å². The van der Waals surface area contributed by atoms with E-state index in [0.717, 1.165) is 29.5 Å². The number of likely N-dealkylation sites (tertiary alicyclic amines) is 1. The lowest BCUT2D eigenvalue weighted by Gasteiger charge is -2.18. The number of hydrogen-bond acceptors (Lipinski definition) is 6. The van der Waals surface area contributed by atoms with Gasteiger partial charge in [0.1, 0.15) is 12.3 Å². The van der Waals surface area contributed by atoms with Crippen LogP contribution in [0.15, 0.2) is 26.0 Å². The minimum atomic E-state index is -1.11. The number of aliphatic carboxylic acids is 1. The number of carboxylic acids is 1. The van der Waals surface area contributed by atoms with Gasteiger partial charge >= 0.3 is 5.97 Å². The molecule has 0 spiro atoms. The van der Waals surface area contributed by atoms with Gasteiger partial charge in [0.05, 0.1) is 13.9 Å². The first kappa shape index (κ1) is 21.8. The summed E-state index contributed by atoms with van der Waals surface area (Å²) in [6.45, 7) is 0.560. The second-order valence-corrected chi connectivity index (χ2v) is 9.05. The Labute approximate surface area is 187 Å². The second kappa shape index (κ2) is 9.31. The van der Waals surface area contributed by atoms with Gasteiger partial charge in [-0.15, -0.1) is 0 Å². The fourth-order valence-corrected chi connectivity index (χ4v) is 5.21. The van der Waals surface area contributed by atoms with E-state index in [1.54, 1.807) is 23.1 Å². The van der Waals surface area contributed by atoms with Crippen molar-refractivity contribution in [2.45, 2.75) is 12.8 Å². The van der Waals surface area contributed by atoms with Crippen molar-refractivity contribution in [3.05, 3.63) is 31.5 Å². The van der Waals surface area contributed by atoms with E-state index in [4.69, 9.17) is 9.84 Å². The van der Waals surface area contributed by atoms with Gasteiger partial charge in [-0.05, 0) is 80.2 Å². The lowest BCUT2D eigenvalue weighted by molar-refractivity contribution is -0.139. The number of thioether (sulfide) groups is 1. The van der Waals surface area contributed by atoms with Gasteiger partial charge in [0.25, 0.3) is 11.1 Å². The molecule has 1 aromatic rings. The highest BCUT2D eigenvalue weighted by atomic mass is 79.9. The molecule has 29 heavy (non-hydrogen) atoms. The third kappa shape index (κ3) is 5.20.